The average molecular weight is 121 g/mol. The molecule has 9 heavy (non-hydrogen) atoms. The average Bonchev–Trinajstić information content (AvgIpc) is 1.90. The second kappa shape index (κ2) is 2.62. The van der Waals surface area contributed by atoms with E-state index < -0.39 is 0 Å². The molecule has 1 heteroatoms. The van der Waals surface area contributed by atoms with E-state index in [-0.39, 0.29) is 0 Å². The van der Waals surface area contributed by atoms with Gasteiger partial charge in [-0.1, -0.05) is 17.7 Å². The summed E-state index contributed by atoms with van der Waals surface area (Å²) in [4.78, 5) is 0. The van der Waals surface area contributed by atoms with E-state index in [1.807, 2.05) is 6.08 Å². The van der Waals surface area contributed by atoms with Gasteiger partial charge >= 0.3 is 0 Å². The van der Waals surface area contributed by atoms with Gasteiger partial charge in [0.25, 0.3) is 0 Å². The summed E-state index contributed by atoms with van der Waals surface area (Å²) in [6, 6.07) is 0. The summed E-state index contributed by atoms with van der Waals surface area (Å²) in [6.07, 6.45) is 7.71. The van der Waals surface area contributed by atoms with Crippen molar-refractivity contribution >= 4 is 6.21 Å². The monoisotopic (exact) mass is 121 g/mol. The molecular weight excluding hydrogens is 110 g/mol. The van der Waals surface area contributed by atoms with E-state index >= 15 is 0 Å². The highest BCUT2D eigenvalue weighted by Crippen LogP contribution is 2.15. The largest absolute Gasteiger partial charge is 0.308 e. The molecule has 0 saturated carbocycles. The van der Waals surface area contributed by atoms with Gasteiger partial charge in [0.05, 0.1) is 0 Å². The van der Waals surface area contributed by atoms with Crippen molar-refractivity contribution < 1.29 is 0 Å². The maximum Gasteiger partial charge on any atom is 0.0209 e. The molecule has 0 aromatic rings. The van der Waals surface area contributed by atoms with Crippen LogP contribution in [0.4, 0.5) is 0 Å². The Morgan fingerprint density at radius 2 is 2.22 bits per heavy atom. The van der Waals surface area contributed by atoms with Gasteiger partial charge in [0.2, 0.25) is 0 Å². The molecule has 0 aliphatic heterocycles. The smallest absolute Gasteiger partial charge is 0.0209 e. The van der Waals surface area contributed by atoms with E-state index in [4.69, 9.17) is 5.41 Å². The zero-order valence-corrected chi connectivity index (χ0v) is 5.65. The zero-order valence-electron chi connectivity index (χ0n) is 5.65. The first-order valence-electron chi connectivity index (χ1n) is 3.20. The summed E-state index contributed by atoms with van der Waals surface area (Å²) in [6.45, 7) is 2.12. The summed E-state index contributed by atoms with van der Waals surface area (Å²) < 4.78 is 0. The molecule has 1 aliphatic carbocycles. The molecule has 1 rings (SSSR count). The molecule has 48 valence electrons. The lowest BCUT2D eigenvalue weighted by Crippen LogP contribution is -1.90. The topological polar surface area (TPSA) is 23.9 Å². The summed E-state index contributed by atoms with van der Waals surface area (Å²) in [5.74, 6) is 0. The van der Waals surface area contributed by atoms with E-state index in [1.165, 1.54) is 11.8 Å². The molecule has 1 aliphatic rings. The predicted molar refractivity (Wildman–Crippen MR) is 39.9 cm³/mol. The molecule has 0 unspecified atom stereocenters. The second-order valence-corrected chi connectivity index (χ2v) is 2.40. The highest BCUT2D eigenvalue weighted by molar-refractivity contribution is 5.76. The normalized spacial score (nSPS) is 18.3. The molecule has 0 aromatic heterocycles. The number of rotatable bonds is 1. The summed E-state index contributed by atoms with van der Waals surface area (Å²) in [7, 11) is 0. The molecule has 0 heterocycles. The molecule has 0 atom stereocenters. The van der Waals surface area contributed by atoms with Crippen LogP contribution in [0.25, 0.3) is 0 Å². The van der Waals surface area contributed by atoms with E-state index in [0.29, 0.717) is 0 Å². The Morgan fingerprint density at radius 1 is 1.44 bits per heavy atom. The Labute approximate surface area is 55.6 Å². The van der Waals surface area contributed by atoms with Crippen molar-refractivity contribution in [3.8, 4) is 0 Å². The Bertz CT molecular complexity index is 175. The number of hydrogen-bond donors (Lipinski definition) is 1. The van der Waals surface area contributed by atoms with E-state index in [9.17, 15) is 0 Å². The van der Waals surface area contributed by atoms with Gasteiger partial charge in [-0.25, -0.2) is 0 Å². The van der Waals surface area contributed by atoms with Crippen molar-refractivity contribution in [3.05, 3.63) is 23.3 Å². The van der Waals surface area contributed by atoms with Crippen LogP contribution in [0.15, 0.2) is 23.3 Å². The quantitative estimate of drug-likeness (QED) is 0.515. The number of allylic oxidation sites excluding steroid dienone is 4. The summed E-state index contributed by atoms with van der Waals surface area (Å²) in [5, 5.41) is 6.94. The fourth-order valence-electron chi connectivity index (χ4n) is 0.878. The molecule has 0 spiro atoms. The minimum absolute atomic E-state index is 1.05. The maximum absolute atomic E-state index is 6.94. The maximum atomic E-state index is 6.94. The summed E-state index contributed by atoms with van der Waals surface area (Å²) in [5.41, 5.74) is 2.56. The highest BCUT2D eigenvalue weighted by atomic mass is 14.3. The molecule has 0 saturated heterocycles. The van der Waals surface area contributed by atoms with Crippen LogP contribution in [-0.4, -0.2) is 6.21 Å². The van der Waals surface area contributed by atoms with Gasteiger partial charge in [-0.15, -0.1) is 0 Å². The standard InChI is InChI=1S/C8H11N/c1-7-2-4-8(6-9)5-3-7/h2,4,6,9H,3,5H2,1H3. The zero-order chi connectivity index (χ0) is 6.69. The fourth-order valence-corrected chi connectivity index (χ4v) is 0.878. The fraction of sp³-hybridized carbons (Fsp3) is 0.375. The molecular formula is C8H11N. The van der Waals surface area contributed by atoms with Crippen molar-refractivity contribution in [2.24, 2.45) is 0 Å². The van der Waals surface area contributed by atoms with Gasteiger partial charge in [-0.2, -0.15) is 0 Å². The van der Waals surface area contributed by atoms with Crippen molar-refractivity contribution in [1.29, 1.82) is 5.41 Å². The third kappa shape index (κ3) is 1.53. The Kier molecular flexibility index (Phi) is 1.83. The first kappa shape index (κ1) is 6.27. The third-order valence-electron chi connectivity index (χ3n) is 1.58. The van der Waals surface area contributed by atoms with Crippen LogP contribution < -0.4 is 0 Å². The molecule has 0 radical (unpaired) electrons. The van der Waals surface area contributed by atoms with Gasteiger partial charge in [0, 0.05) is 6.21 Å². The van der Waals surface area contributed by atoms with Crippen LogP contribution in [0.3, 0.4) is 0 Å². The summed E-state index contributed by atoms with van der Waals surface area (Å²) >= 11 is 0. The van der Waals surface area contributed by atoms with Gasteiger partial charge in [0.1, 0.15) is 0 Å². The molecule has 0 fully saturated rings. The number of nitrogens with one attached hydrogen (secondary N) is 1. The van der Waals surface area contributed by atoms with Crippen LogP contribution in [0.2, 0.25) is 0 Å². The van der Waals surface area contributed by atoms with Gasteiger partial charge in [0.15, 0.2) is 0 Å². The minimum atomic E-state index is 1.05. The Balaban J connectivity index is 2.69. The van der Waals surface area contributed by atoms with Crippen molar-refractivity contribution in [3.63, 3.8) is 0 Å². The van der Waals surface area contributed by atoms with E-state index in [2.05, 4.69) is 13.0 Å². The van der Waals surface area contributed by atoms with Crippen LogP contribution >= 0.6 is 0 Å². The lowest BCUT2D eigenvalue weighted by Gasteiger charge is -2.05. The third-order valence-corrected chi connectivity index (χ3v) is 1.58. The van der Waals surface area contributed by atoms with Crippen molar-refractivity contribution in [2.45, 2.75) is 19.8 Å². The number of hydrogen-bond acceptors (Lipinski definition) is 1. The Morgan fingerprint density at radius 3 is 2.67 bits per heavy atom. The van der Waals surface area contributed by atoms with Crippen LogP contribution in [0.5, 0.6) is 0 Å². The predicted octanol–water partition coefficient (Wildman–Crippen LogP) is 2.30. The molecule has 0 aromatic carbocycles. The minimum Gasteiger partial charge on any atom is -0.308 e. The molecule has 0 amide bonds. The first-order chi connectivity index (χ1) is 4.33. The molecule has 0 bridgehead atoms. The van der Waals surface area contributed by atoms with Crippen LogP contribution in [0.1, 0.15) is 19.8 Å². The van der Waals surface area contributed by atoms with Gasteiger partial charge < -0.3 is 5.41 Å². The van der Waals surface area contributed by atoms with Crippen molar-refractivity contribution in [1.82, 2.24) is 0 Å². The molecule has 1 N–H and O–H groups in total. The SMILES string of the molecule is CC1=CC=C(C=N)CC1. The van der Waals surface area contributed by atoms with Gasteiger partial charge in [-0.05, 0) is 25.3 Å². The Hall–Kier alpha value is -0.850. The van der Waals surface area contributed by atoms with Crippen LogP contribution in [-0.2, 0) is 0 Å². The van der Waals surface area contributed by atoms with Crippen LogP contribution in [0, 0.1) is 5.41 Å². The first-order valence-corrected chi connectivity index (χ1v) is 3.20. The van der Waals surface area contributed by atoms with E-state index in [1.54, 1.807) is 0 Å². The highest BCUT2D eigenvalue weighted by Gasteiger charge is 1.98. The second-order valence-electron chi connectivity index (χ2n) is 2.40. The lowest BCUT2D eigenvalue weighted by molar-refractivity contribution is 0.940. The molecule has 1 nitrogen and oxygen atoms in total. The van der Waals surface area contributed by atoms with Gasteiger partial charge in [-0.3, -0.25) is 0 Å². The van der Waals surface area contributed by atoms with Crippen molar-refractivity contribution in [2.75, 3.05) is 0 Å². The lowest BCUT2D eigenvalue weighted by atomic mass is 10.0. The van der Waals surface area contributed by atoms with E-state index in [0.717, 1.165) is 18.4 Å².